The highest BCUT2D eigenvalue weighted by Gasteiger charge is 2.32. The average Bonchev–Trinajstić information content (AvgIpc) is 2.26. The Balaban J connectivity index is 2.69. The molecule has 92 valence electrons. The number of aliphatic hydroxyl groups excluding tert-OH is 1. The van der Waals surface area contributed by atoms with Gasteiger partial charge in [-0.1, -0.05) is 13.8 Å². The van der Waals surface area contributed by atoms with Crippen molar-refractivity contribution in [1.82, 2.24) is 9.80 Å². The van der Waals surface area contributed by atoms with Crippen LogP contribution in [0.4, 0.5) is 4.79 Å². The maximum Gasteiger partial charge on any atom is 0.407 e. The van der Waals surface area contributed by atoms with Crippen LogP contribution in [0.1, 0.15) is 13.8 Å². The lowest BCUT2D eigenvalue weighted by Crippen LogP contribution is -2.58. The van der Waals surface area contributed by atoms with Gasteiger partial charge in [-0.25, -0.2) is 4.79 Å². The third-order valence-corrected chi connectivity index (χ3v) is 2.74. The van der Waals surface area contributed by atoms with Crippen molar-refractivity contribution in [2.45, 2.75) is 19.9 Å². The summed E-state index contributed by atoms with van der Waals surface area (Å²) in [6.45, 7) is 4.23. The summed E-state index contributed by atoms with van der Waals surface area (Å²) in [5, 5.41) is 18.0. The van der Waals surface area contributed by atoms with E-state index in [9.17, 15) is 14.7 Å². The van der Waals surface area contributed by atoms with Crippen LogP contribution >= 0.6 is 0 Å². The normalized spacial score (nSPS) is 21.4. The molecule has 16 heavy (non-hydrogen) atoms. The van der Waals surface area contributed by atoms with Crippen molar-refractivity contribution in [2.24, 2.45) is 5.92 Å². The molecule has 1 rings (SSSR count). The minimum atomic E-state index is -1.00. The fourth-order valence-electron chi connectivity index (χ4n) is 1.81. The predicted molar refractivity (Wildman–Crippen MR) is 57.0 cm³/mol. The van der Waals surface area contributed by atoms with Crippen LogP contribution in [-0.2, 0) is 4.79 Å². The number of amides is 2. The molecular weight excluding hydrogens is 212 g/mol. The zero-order valence-electron chi connectivity index (χ0n) is 9.59. The molecule has 2 amide bonds. The largest absolute Gasteiger partial charge is 0.465 e. The minimum Gasteiger partial charge on any atom is -0.465 e. The van der Waals surface area contributed by atoms with E-state index < -0.39 is 12.1 Å². The summed E-state index contributed by atoms with van der Waals surface area (Å²) in [6, 6.07) is -0.417. The zero-order chi connectivity index (χ0) is 12.3. The van der Waals surface area contributed by atoms with E-state index in [0.29, 0.717) is 13.1 Å². The van der Waals surface area contributed by atoms with Crippen molar-refractivity contribution >= 4 is 12.0 Å². The van der Waals surface area contributed by atoms with E-state index in [2.05, 4.69) is 0 Å². The van der Waals surface area contributed by atoms with Crippen LogP contribution < -0.4 is 0 Å². The Kier molecular flexibility index (Phi) is 4.12. The molecule has 1 saturated heterocycles. The SMILES string of the molecule is CC(C)C(=O)N1CCN(C(=O)O)CC1CO. The number of hydrogen-bond acceptors (Lipinski definition) is 3. The van der Waals surface area contributed by atoms with Gasteiger partial charge in [0, 0.05) is 25.6 Å². The van der Waals surface area contributed by atoms with E-state index in [0.717, 1.165) is 0 Å². The second-order valence-electron chi connectivity index (χ2n) is 4.25. The van der Waals surface area contributed by atoms with Crippen molar-refractivity contribution in [1.29, 1.82) is 0 Å². The second-order valence-corrected chi connectivity index (χ2v) is 4.25. The average molecular weight is 230 g/mol. The highest BCUT2D eigenvalue weighted by Crippen LogP contribution is 2.13. The van der Waals surface area contributed by atoms with Crippen LogP contribution in [0.3, 0.4) is 0 Å². The van der Waals surface area contributed by atoms with Crippen LogP contribution in [0.2, 0.25) is 0 Å². The van der Waals surface area contributed by atoms with Crippen LogP contribution in [0, 0.1) is 5.92 Å². The maximum atomic E-state index is 11.8. The summed E-state index contributed by atoms with van der Waals surface area (Å²) >= 11 is 0. The molecule has 6 heteroatoms. The van der Waals surface area contributed by atoms with Gasteiger partial charge in [-0.15, -0.1) is 0 Å². The monoisotopic (exact) mass is 230 g/mol. The van der Waals surface area contributed by atoms with Crippen molar-refractivity contribution in [3.63, 3.8) is 0 Å². The third-order valence-electron chi connectivity index (χ3n) is 2.74. The number of aliphatic hydroxyl groups is 1. The third kappa shape index (κ3) is 2.63. The predicted octanol–water partition coefficient (Wildman–Crippen LogP) is -0.175. The van der Waals surface area contributed by atoms with Crippen molar-refractivity contribution in [2.75, 3.05) is 26.2 Å². The van der Waals surface area contributed by atoms with Gasteiger partial charge < -0.3 is 20.0 Å². The molecule has 0 aliphatic carbocycles. The van der Waals surface area contributed by atoms with E-state index in [1.165, 1.54) is 4.90 Å². The lowest BCUT2D eigenvalue weighted by molar-refractivity contribution is -0.140. The van der Waals surface area contributed by atoms with E-state index in [4.69, 9.17) is 5.11 Å². The first kappa shape index (κ1) is 12.8. The molecule has 0 radical (unpaired) electrons. The Morgan fingerprint density at radius 1 is 1.38 bits per heavy atom. The van der Waals surface area contributed by atoms with Gasteiger partial charge in [0.05, 0.1) is 12.6 Å². The van der Waals surface area contributed by atoms with Crippen LogP contribution in [0.25, 0.3) is 0 Å². The lowest BCUT2D eigenvalue weighted by Gasteiger charge is -2.40. The molecule has 0 bridgehead atoms. The van der Waals surface area contributed by atoms with E-state index in [1.807, 2.05) is 0 Å². The topological polar surface area (TPSA) is 81.1 Å². The van der Waals surface area contributed by atoms with Crippen molar-refractivity contribution in [3.05, 3.63) is 0 Å². The van der Waals surface area contributed by atoms with Gasteiger partial charge in [0.15, 0.2) is 0 Å². The molecule has 1 aliphatic heterocycles. The Hall–Kier alpha value is -1.30. The summed E-state index contributed by atoms with van der Waals surface area (Å²) in [4.78, 5) is 25.4. The fraction of sp³-hybridized carbons (Fsp3) is 0.800. The molecule has 0 aromatic carbocycles. The number of hydrogen-bond donors (Lipinski definition) is 2. The van der Waals surface area contributed by atoms with Gasteiger partial charge >= 0.3 is 6.09 Å². The minimum absolute atomic E-state index is 0.0379. The molecule has 2 N–H and O–H groups in total. The lowest BCUT2D eigenvalue weighted by atomic mass is 10.1. The van der Waals surface area contributed by atoms with Gasteiger partial charge in [-0.05, 0) is 0 Å². The summed E-state index contributed by atoms with van der Waals surface area (Å²) < 4.78 is 0. The van der Waals surface area contributed by atoms with Crippen LogP contribution in [0.5, 0.6) is 0 Å². The first-order valence-corrected chi connectivity index (χ1v) is 5.36. The number of rotatable bonds is 2. The molecular formula is C10H18N2O4. The molecule has 6 nitrogen and oxygen atoms in total. The van der Waals surface area contributed by atoms with Crippen molar-refractivity contribution in [3.8, 4) is 0 Å². The van der Waals surface area contributed by atoms with Gasteiger partial charge in [-0.2, -0.15) is 0 Å². The first-order valence-electron chi connectivity index (χ1n) is 5.36. The van der Waals surface area contributed by atoms with Gasteiger partial charge in [0.1, 0.15) is 0 Å². The maximum absolute atomic E-state index is 11.8. The number of piperazine rings is 1. The highest BCUT2D eigenvalue weighted by molar-refractivity contribution is 5.79. The van der Waals surface area contributed by atoms with Crippen LogP contribution in [0.15, 0.2) is 0 Å². The fourth-order valence-corrected chi connectivity index (χ4v) is 1.81. The molecule has 0 aromatic heterocycles. The summed E-state index contributed by atoms with van der Waals surface area (Å²) in [7, 11) is 0. The van der Waals surface area contributed by atoms with Gasteiger partial charge in [-0.3, -0.25) is 4.79 Å². The van der Waals surface area contributed by atoms with Gasteiger partial charge in [0.2, 0.25) is 5.91 Å². The quantitative estimate of drug-likeness (QED) is 0.690. The zero-order valence-corrected chi connectivity index (χ0v) is 9.59. The number of carboxylic acid groups (broad SMARTS) is 1. The van der Waals surface area contributed by atoms with Gasteiger partial charge in [0.25, 0.3) is 0 Å². The Morgan fingerprint density at radius 3 is 2.44 bits per heavy atom. The van der Waals surface area contributed by atoms with Crippen LogP contribution in [-0.4, -0.2) is 64.3 Å². The number of carbonyl (C=O) groups is 2. The molecule has 1 heterocycles. The molecule has 0 aromatic rings. The number of nitrogens with zero attached hydrogens (tertiary/aromatic N) is 2. The van der Waals surface area contributed by atoms with E-state index in [-0.39, 0.29) is 25.0 Å². The highest BCUT2D eigenvalue weighted by atomic mass is 16.4. The summed E-state index contributed by atoms with van der Waals surface area (Å²) in [5.74, 6) is -0.172. The molecule has 0 saturated carbocycles. The van der Waals surface area contributed by atoms with E-state index in [1.54, 1.807) is 18.7 Å². The second kappa shape index (κ2) is 5.16. The standard InChI is InChI=1S/C10H18N2O4/c1-7(2)9(14)12-4-3-11(10(15)16)5-8(12)6-13/h7-8,13H,3-6H2,1-2H3,(H,15,16). The Morgan fingerprint density at radius 2 is 2.00 bits per heavy atom. The first-order chi connectivity index (χ1) is 7.47. The summed E-state index contributed by atoms with van der Waals surface area (Å²) in [5.41, 5.74) is 0. The number of carbonyl (C=O) groups excluding carboxylic acids is 1. The van der Waals surface area contributed by atoms with E-state index >= 15 is 0 Å². The molecule has 1 unspecified atom stereocenters. The summed E-state index contributed by atoms with van der Waals surface area (Å²) in [6.07, 6.45) is -1.00. The Bertz CT molecular complexity index is 280. The molecule has 1 aliphatic rings. The Labute approximate surface area is 94.4 Å². The molecule has 1 fully saturated rings. The molecule has 1 atom stereocenters. The smallest absolute Gasteiger partial charge is 0.407 e. The molecule has 0 spiro atoms. The van der Waals surface area contributed by atoms with Crippen molar-refractivity contribution < 1.29 is 19.8 Å².